The van der Waals surface area contributed by atoms with Crippen molar-refractivity contribution in [2.24, 2.45) is 0 Å². The van der Waals surface area contributed by atoms with E-state index in [1.54, 1.807) is 57.4 Å². The average Bonchev–Trinajstić information content (AvgIpc) is 2.68. The highest BCUT2D eigenvalue weighted by Gasteiger charge is 2.24. The Kier molecular flexibility index (Phi) is 5.58. The van der Waals surface area contributed by atoms with Crippen LogP contribution < -0.4 is 30.2 Å². The van der Waals surface area contributed by atoms with Crippen LogP contribution in [0.25, 0.3) is 0 Å². The number of fused-ring (bicyclic) bond motifs is 1. The summed E-state index contributed by atoms with van der Waals surface area (Å²) in [6.45, 7) is 3.43. The van der Waals surface area contributed by atoms with Gasteiger partial charge in [-0.25, -0.2) is 0 Å². The fourth-order valence-corrected chi connectivity index (χ4v) is 2.78. The van der Waals surface area contributed by atoms with Crippen LogP contribution in [0.5, 0.6) is 17.2 Å². The van der Waals surface area contributed by atoms with Crippen molar-refractivity contribution in [3.8, 4) is 17.2 Å². The van der Waals surface area contributed by atoms with E-state index in [9.17, 15) is 9.59 Å². The van der Waals surface area contributed by atoms with Gasteiger partial charge in [0.15, 0.2) is 17.6 Å². The van der Waals surface area contributed by atoms with Crippen LogP contribution >= 0.6 is 0 Å². The van der Waals surface area contributed by atoms with Crippen LogP contribution in [-0.2, 0) is 9.59 Å². The van der Waals surface area contributed by atoms with E-state index < -0.39 is 12.1 Å². The molecule has 0 fully saturated rings. The fraction of sp³-hybridized carbons (Fsp3) is 0.300. The molecule has 8 nitrogen and oxygen atoms in total. The third-order valence-corrected chi connectivity index (χ3v) is 4.34. The number of hydrogen-bond donors (Lipinski definition) is 3. The van der Waals surface area contributed by atoms with Crippen LogP contribution in [0.3, 0.4) is 0 Å². The Balaban J connectivity index is 1.66. The lowest BCUT2D eigenvalue weighted by molar-refractivity contribution is -0.122. The second kappa shape index (κ2) is 8.08. The summed E-state index contributed by atoms with van der Waals surface area (Å²) in [4.78, 5) is 24.3. The van der Waals surface area contributed by atoms with Crippen molar-refractivity contribution in [3.05, 3.63) is 36.4 Å². The zero-order valence-corrected chi connectivity index (χ0v) is 16.2. The molecule has 0 saturated heterocycles. The number of amides is 2. The predicted octanol–water partition coefficient (Wildman–Crippen LogP) is 2.86. The maximum atomic E-state index is 12.5. The van der Waals surface area contributed by atoms with Gasteiger partial charge in [0, 0.05) is 17.4 Å². The molecule has 2 aromatic rings. The minimum atomic E-state index is -0.530. The van der Waals surface area contributed by atoms with Crippen molar-refractivity contribution in [2.45, 2.75) is 26.0 Å². The minimum absolute atomic E-state index is 0.205. The van der Waals surface area contributed by atoms with E-state index in [1.165, 1.54) is 7.11 Å². The van der Waals surface area contributed by atoms with E-state index in [1.807, 2.05) is 0 Å². The summed E-state index contributed by atoms with van der Waals surface area (Å²) in [5.74, 6) is 1.28. The molecular formula is C20H23N3O5. The van der Waals surface area contributed by atoms with Gasteiger partial charge in [-0.15, -0.1) is 0 Å². The first-order valence-corrected chi connectivity index (χ1v) is 8.82. The monoisotopic (exact) mass is 385 g/mol. The zero-order chi connectivity index (χ0) is 20.3. The maximum absolute atomic E-state index is 12.5. The van der Waals surface area contributed by atoms with Gasteiger partial charge in [-0.2, -0.15) is 0 Å². The maximum Gasteiger partial charge on any atom is 0.265 e. The summed E-state index contributed by atoms with van der Waals surface area (Å²) in [6.07, 6.45) is -0.530. The lowest BCUT2D eigenvalue weighted by atomic mass is 10.2. The molecule has 148 valence electrons. The van der Waals surface area contributed by atoms with Gasteiger partial charge < -0.3 is 30.2 Å². The van der Waals surface area contributed by atoms with Crippen molar-refractivity contribution in [2.75, 3.05) is 30.2 Å². The normalized spacial score (nSPS) is 16.1. The van der Waals surface area contributed by atoms with E-state index in [0.29, 0.717) is 34.3 Å². The molecule has 0 bridgehead atoms. The summed E-state index contributed by atoms with van der Waals surface area (Å²) < 4.78 is 16.0. The van der Waals surface area contributed by atoms with Crippen molar-refractivity contribution < 1.29 is 23.8 Å². The number of carbonyl (C=O) groups excluding carboxylic acids is 2. The van der Waals surface area contributed by atoms with Gasteiger partial charge in [-0.3, -0.25) is 9.59 Å². The van der Waals surface area contributed by atoms with Gasteiger partial charge in [0.25, 0.3) is 5.91 Å². The molecule has 8 heteroatoms. The van der Waals surface area contributed by atoms with Crippen LogP contribution in [0.4, 0.5) is 17.1 Å². The molecule has 0 aromatic heterocycles. The number of hydrogen-bond acceptors (Lipinski definition) is 6. The third-order valence-electron chi connectivity index (χ3n) is 4.34. The summed E-state index contributed by atoms with van der Waals surface area (Å²) in [6, 6.07) is 9.91. The SMILES string of the molecule is COc1ccc(NC(=O)[C@H](C)Nc2ccc3c(c2)NC(=O)[C@H](C)O3)cc1OC. The van der Waals surface area contributed by atoms with Crippen molar-refractivity contribution in [3.63, 3.8) is 0 Å². The van der Waals surface area contributed by atoms with Crippen molar-refractivity contribution in [1.82, 2.24) is 0 Å². The number of carbonyl (C=O) groups is 2. The lowest BCUT2D eigenvalue weighted by Gasteiger charge is -2.24. The van der Waals surface area contributed by atoms with Crippen molar-refractivity contribution in [1.29, 1.82) is 0 Å². The highest BCUT2D eigenvalue weighted by atomic mass is 16.5. The molecule has 0 radical (unpaired) electrons. The van der Waals surface area contributed by atoms with E-state index in [0.717, 1.165) is 0 Å². The van der Waals surface area contributed by atoms with Crippen LogP contribution in [0.1, 0.15) is 13.8 Å². The Morgan fingerprint density at radius 1 is 1.11 bits per heavy atom. The predicted molar refractivity (Wildman–Crippen MR) is 106 cm³/mol. The number of rotatable bonds is 6. The van der Waals surface area contributed by atoms with Gasteiger partial charge >= 0.3 is 0 Å². The number of anilines is 3. The molecule has 0 spiro atoms. The molecule has 3 rings (SSSR count). The van der Waals surface area contributed by atoms with Gasteiger partial charge in [-0.1, -0.05) is 0 Å². The first-order chi connectivity index (χ1) is 13.4. The number of methoxy groups -OCH3 is 2. The van der Waals surface area contributed by atoms with Crippen LogP contribution in [-0.4, -0.2) is 38.2 Å². The molecule has 1 aliphatic rings. The molecule has 3 N–H and O–H groups in total. The van der Waals surface area contributed by atoms with Gasteiger partial charge in [0.2, 0.25) is 5.91 Å². The molecule has 2 aromatic carbocycles. The molecule has 1 heterocycles. The van der Waals surface area contributed by atoms with Gasteiger partial charge in [0.05, 0.1) is 19.9 Å². The quantitative estimate of drug-likeness (QED) is 0.707. The molecule has 2 amide bonds. The van der Waals surface area contributed by atoms with E-state index in [2.05, 4.69) is 16.0 Å². The average molecular weight is 385 g/mol. The Labute approximate surface area is 163 Å². The largest absolute Gasteiger partial charge is 0.493 e. The topological polar surface area (TPSA) is 97.9 Å². The molecule has 28 heavy (non-hydrogen) atoms. The molecule has 1 aliphatic heterocycles. The Morgan fingerprint density at radius 3 is 2.54 bits per heavy atom. The molecule has 0 aliphatic carbocycles. The first-order valence-electron chi connectivity index (χ1n) is 8.82. The van der Waals surface area contributed by atoms with Crippen LogP contribution in [0.15, 0.2) is 36.4 Å². The Morgan fingerprint density at radius 2 is 1.82 bits per heavy atom. The highest BCUT2D eigenvalue weighted by molar-refractivity contribution is 5.99. The standard InChI is InChI=1S/C20H23N3O5/c1-11(19(24)22-14-6-8-17(26-3)18(10-14)27-4)21-13-5-7-16-15(9-13)23-20(25)12(2)28-16/h5-12,21H,1-4H3,(H,22,24)(H,23,25)/t11-,12-/m0/s1. The fourth-order valence-electron chi connectivity index (χ4n) is 2.78. The summed E-state index contributed by atoms with van der Waals surface area (Å²) in [7, 11) is 3.09. The van der Waals surface area contributed by atoms with Gasteiger partial charge in [0.1, 0.15) is 11.8 Å². The molecular weight excluding hydrogens is 362 g/mol. The number of ether oxygens (including phenoxy) is 3. The van der Waals surface area contributed by atoms with E-state index in [4.69, 9.17) is 14.2 Å². The third kappa shape index (κ3) is 4.11. The number of nitrogens with one attached hydrogen (secondary N) is 3. The Bertz CT molecular complexity index is 899. The summed E-state index contributed by atoms with van der Waals surface area (Å²) in [5, 5.41) is 8.73. The lowest BCUT2D eigenvalue weighted by Crippen LogP contribution is -2.34. The Hall–Kier alpha value is -3.42. The van der Waals surface area contributed by atoms with E-state index in [-0.39, 0.29) is 11.8 Å². The number of benzene rings is 2. The second-order valence-corrected chi connectivity index (χ2v) is 6.39. The molecule has 0 unspecified atom stereocenters. The van der Waals surface area contributed by atoms with E-state index >= 15 is 0 Å². The second-order valence-electron chi connectivity index (χ2n) is 6.39. The van der Waals surface area contributed by atoms with Gasteiger partial charge in [-0.05, 0) is 44.2 Å². The highest BCUT2D eigenvalue weighted by Crippen LogP contribution is 2.32. The summed E-state index contributed by atoms with van der Waals surface area (Å²) >= 11 is 0. The van der Waals surface area contributed by atoms with Crippen LogP contribution in [0.2, 0.25) is 0 Å². The zero-order valence-electron chi connectivity index (χ0n) is 16.2. The smallest absolute Gasteiger partial charge is 0.265 e. The minimum Gasteiger partial charge on any atom is -0.493 e. The molecule has 2 atom stereocenters. The molecule has 0 saturated carbocycles. The van der Waals surface area contributed by atoms with Crippen molar-refractivity contribution >= 4 is 28.9 Å². The first kappa shape index (κ1) is 19.3. The van der Waals surface area contributed by atoms with Crippen LogP contribution in [0, 0.1) is 0 Å². The summed E-state index contributed by atoms with van der Waals surface area (Å²) in [5.41, 5.74) is 1.85.